The van der Waals surface area contributed by atoms with Gasteiger partial charge in [0.1, 0.15) is 23.3 Å². The number of morpholine rings is 3. The normalized spacial score (nSPS) is 15.7. The van der Waals surface area contributed by atoms with Gasteiger partial charge in [-0.15, -0.1) is 0 Å². The highest BCUT2D eigenvalue weighted by molar-refractivity contribution is 6.09. The van der Waals surface area contributed by atoms with Gasteiger partial charge in [-0.05, 0) is 127 Å². The fourth-order valence-corrected chi connectivity index (χ4v) is 11.9. The van der Waals surface area contributed by atoms with E-state index in [4.69, 9.17) is 30.1 Å². The van der Waals surface area contributed by atoms with E-state index in [0.717, 1.165) is 72.7 Å². The average Bonchev–Trinajstić information content (AvgIpc) is 1.25. The van der Waals surface area contributed by atoms with Crippen molar-refractivity contribution in [1.29, 1.82) is 5.41 Å². The van der Waals surface area contributed by atoms with E-state index in [-0.39, 0.29) is 139 Å². The van der Waals surface area contributed by atoms with Gasteiger partial charge in [0.15, 0.2) is 42.2 Å². The Morgan fingerprint density at radius 1 is 0.472 bits per heavy atom. The number of nitrogens with one attached hydrogen (secondary N) is 6. The number of esters is 1. The molecule has 123 heavy (non-hydrogen) atoms. The molecule has 12 amide bonds. The minimum absolute atomic E-state index is 0.00227. The number of rotatable bonds is 25. The molecule has 0 saturated carbocycles. The van der Waals surface area contributed by atoms with Crippen LogP contribution in [-0.2, 0) is 66.9 Å². The number of hydrogen-bond acceptors (Lipinski definition) is 26. The maximum Gasteiger partial charge on any atom is 0.439 e. The molecule has 0 unspecified atom stereocenters. The van der Waals surface area contributed by atoms with Crippen LogP contribution in [0.15, 0.2) is 146 Å². The molecule has 8 aromatic rings. The third-order valence-electron chi connectivity index (χ3n) is 18.5. The number of carbonyl (C=O) groups excluding carboxylic acids is 13. The number of amidine groups is 1. The number of H-pyrrole nitrogens is 2. The number of anilines is 6. The summed E-state index contributed by atoms with van der Waals surface area (Å²) in [4.78, 5) is 203. The Kier molecular flexibility index (Phi) is 30.7. The summed E-state index contributed by atoms with van der Waals surface area (Å²) >= 11 is 0. The topological polar surface area (TPSA) is 532 Å². The number of aliphatic hydroxyl groups is 2. The van der Waals surface area contributed by atoms with E-state index in [1.54, 1.807) is 14.1 Å². The van der Waals surface area contributed by atoms with Crippen LogP contribution in [-0.4, -0.2) is 302 Å². The summed E-state index contributed by atoms with van der Waals surface area (Å²) in [6.07, 6.45) is -10.3. The molecule has 11 rings (SSSR count). The average molecular weight is 1710 g/mol. The van der Waals surface area contributed by atoms with Gasteiger partial charge in [0.2, 0.25) is 23.8 Å². The van der Waals surface area contributed by atoms with Crippen LogP contribution in [0.1, 0.15) is 43.6 Å². The minimum Gasteiger partial charge on any atom is -0.449 e. The van der Waals surface area contributed by atoms with Crippen LogP contribution in [0.5, 0.6) is 0 Å². The number of nitrogen functional groups attached to an aromatic ring is 1. The lowest BCUT2D eigenvalue weighted by Gasteiger charge is -2.35. The predicted octanol–water partition coefficient (Wildman–Crippen LogP) is 0.693. The molecule has 0 radical (unpaired) electrons. The summed E-state index contributed by atoms with van der Waals surface area (Å²) in [5.41, 5.74) is 7.41. The highest BCUT2D eigenvalue weighted by Gasteiger charge is 2.45. The summed E-state index contributed by atoms with van der Waals surface area (Å²) in [5, 5.41) is 43.3. The Hall–Kier alpha value is -14.6. The Bertz CT molecular complexity index is 5450. The molecule has 5 heterocycles. The quantitative estimate of drug-likeness (QED) is 0.0216. The molecule has 3 aliphatic rings. The molecule has 6 atom stereocenters. The van der Waals surface area contributed by atoms with Crippen LogP contribution in [0, 0.1) is 22.9 Å². The molecule has 3 saturated heterocycles. The van der Waals surface area contributed by atoms with E-state index in [1.165, 1.54) is 155 Å². The first kappa shape index (κ1) is 92.3. The van der Waals surface area contributed by atoms with Gasteiger partial charge in [-0.1, -0.05) is 10.3 Å². The van der Waals surface area contributed by atoms with E-state index >= 15 is 0 Å². The van der Waals surface area contributed by atoms with Crippen molar-refractivity contribution in [3.63, 3.8) is 0 Å². The summed E-state index contributed by atoms with van der Waals surface area (Å²) in [6.45, 7) is -0.00476. The zero-order chi connectivity index (χ0) is 90.1. The SMILES string of the molecule is CC(=O)O[C@@H](C(=O)Nc1ccc(-c2noc(=O)[nH]2)cc1)[C@H]1OCCN(c2cc(F)cc(C(=O)N(C)CC(=O)N(C)C)c2)C1=O.CN(C)C(=O)CN(C)C(=O)c1cc(F)cc(N2CCO[C@H]([C@@H](O)C(=O)Nc3ccc(-c4noc(=O)[nH]4)cc3)C2=O)c1.CN(C)C(=O)CN(C)C(=O)c1cc(F)cc(N2CCO[C@H]([C@@H](O)C(=O)Nc3ccc(C(=N)N)cc3)C2=O)c1. The van der Waals surface area contributed by atoms with Crippen molar-refractivity contribution in [2.75, 3.05) is 153 Å². The number of ether oxygens (including phenoxy) is 4. The van der Waals surface area contributed by atoms with E-state index < -0.39 is 125 Å². The number of aromatic nitrogens is 4. The second-order valence-corrected chi connectivity index (χ2v) is 28.2. The maximum atomic E-state index is 14.7. The van der Waals surface area contributed by atoms with E-state index in [9.17, 15) is 95.3 Å². The van der Waals surface area contributed by atoms with Crippen molar-refractivity contribution >= 4 is 117 Å². The summed E-state index contributed by atoms with van der Waals surface area (Å²) in [6, 6.07) is 28.0. The number of carbonyl (C=O) groups is 13. The highest BCUT2D eigenvalue weighted by atomic mass is 19.1. The van der Waals surface area contributed by atoms with E-state index in [1.807, 2.05) is 0 Å². The Labute approximate surface area is 696 Å². The lowest BCUT2D eigenvalue weighted by atomic mass is 10.1. The maximum absolute atomic E-state index is 14.7. The molecular weight excluding hydrogens is 1630 g/mol. The van der Waals surface area contributed by atoms with Crippen molar-refractivity contribution in [3.8, 4) is 22.8 Å². The zero-order valence-electron chi connectivity index (χ0n) is 67.6. The number of hydrogen-bond donors (Lipinski definition) is 9. The van der Waals surface area contributed by atoms with Crippen molar-refractivity contribution in [2.24, 2.45) is 5.73 Å². The van der Waals surface area contributed by atoms with Gasteiger partial charge >= 0.3 is 17.5 Å². The highest BCUT2D eigenvalue weighted by Crippen LogP contribution is 2.30. The lowest BCUT2D eigenvalue weighted by molar-refractivity contribution is -0.167. The van der Waals surface area contributed by atoms with Crippen LogP contribution in [0.4, 0.5) is 47.3 Å². The first-order valence-corrected chi connectivity index (χ1v) is 37.0. The number of nitrogens with zero attached hydrogens (tertiary/aromatic N) is 11. The van der Waals surface area contributed by atoms with Gasteiger partial charge in [-0.3, -0.25) is 86.8 Å². The lowest BCUT2D eigenvalue weighted by Crippen LogP contribution is -2.56. The fourth-order valence-electron chi connectivity index (χ4n) is 11.9. The van der Waals surface area contributed by atoms with Gasteiger partial charge in [0, 0.05) is 157 Å². The second kappa shape index (κ2) is 40.9. The third kappa shape index (κ3) is 23.9. The number of amides is 12. The zero-order valence-corrected chi connectivity index (χ0v) is 67.6. The molecular formula is C79H85F3N18O23. The summed E-state index contributed by atoms with van der Waals surface area (Å²) in [5.74, 6) is -12.6. The van der Waals surface area contributed by atoms with Crippen molar-refractivity contribution in [2.45, 2.75) is 43.5 Å². The molecule has 2 aromatic heterocycles. The van der Waals surface area contributed by atoms with Gasteiger partial charge < -0.3 is 94.9 Å². The molecule has 0 bridgehead atoms. The van der Waals surface area contributed by atoms with Gasteiger partial charge in [0.05, 0.1) is 39.5 Å². The largest absolute Gasteiger partial charge is 0.449 e. The van der Waals surface area contributed by atoms with Crippen LogP contribution in [0.3, 0.4) is 0 Å². The monoisotopic (exact) mass is 1710 g/mol. The third-order valence-corrected chi connectivity index (χ3v) is 18.5. The van der Waals surface area contributed by atoms with Crippen LogP contribution >= 0.6 is 0 Å². The van der Waals surface area contributed by atoms with Crippen LogP contribution < -0.4 is 47.9 Å². The van der Waals surface area contributed by atoms with Gasteiger partial charge in [0.25, 0.3) is 53.2 Å². The fraction of sp³-hybridized carbons (Fsp3) is 0.316. The number of aliphatic hydroxyl groups excluding tert-OH is 2. The first-order chi connectivity index (χ1) is 58.2. The van der Waals surface area contributed by atoms with Gasteiger partial charge in [-0.25, -0.2) is 22.8 Å². The van der Waals surface area contributed by atoms with Crippen molar-refractivity contribution < 1.29 is 114 Å². The summed E-state index contributed by atoms with van der Waals surface area (Å²) < 4.78 is 74.1. The number of benzene rings is 6. The smallest absolute Gasteiger partial charge is 0.439 e. The molecule has 3 fully saturated rings. The molecule has 3 aliphatic heterocycles. The number of halogens is 3. The second-order valence-electron chi connectivity index (χ2n) is 28.2. The van der Waals surface area contributed by atoms with Crippen molar-refractivity contribution in [1.82, 2.24) is 49.7 Å². The number of nitrogens with two attached hydrogens (primary N) is 1. The number of aromatic amines is 2. The van der Waals surface area contributed by atoms with Crippen LogP contribution in [0.2, 0.25) is 0 Å². The molecule has 0 aliphatic carbocycles. The molecule has 41 nitrogen and oxygen atoms in total. The number of likely N-dealkylation sites (N-methyl/N-ethyl adjacent to an activating group) is 6. The first-order valence-electron chi connectivity index (χ1n) is 37.0. The van der Waals surface area contributed by atoms with E-state index in [0.29, 0.717) is 22.4 Å². The molecule has 44 heteroatoms. The minimum atomic E-state index is -1.92. The van der Waals surface area contributed by atoms with Gasteiger partial charge in [-0.2, -0.15) is 0 Å². The molecule has 650 valence electrons. The Balaban J connectivity index is 0.000000210. The Morgan fingerprint density at radius 3 is 1.07 bits per heavy atom. The Morgan fingerprint density at radius 2 is 0.772 bits per heavy atom. The van der Waals surface area contributed by atoms with E-state index in [2.05, 4.69) is 45.3 Å². The van der Waals surface area contributed by atoms with Crippen LogP contribution in [0.25, 0.3) is 22.8 Å². The predicted molar refractivity (Wildman–Crippen MR) is 428 cm³/mol. The standard InChI is InChI=1S/C28H29FN6O9.C26H27FN6O8.C25H29FN6O6/c1-15(36)43-22(25(38)30-19-7-5-16(6-8-19)24-31-28(41)44-32-24)23-27(40)35(9-10-42-23)20-12-17(11-18(29)13-20)26(39)34(4)14-21(37)33(2)3;1-31(2)19(34)13-32(3)24(37)15-10-16(27)12-18(11-15)33-8-9-40-21(25(33)38)20(35)23(36)28-17-6-4-14(5-7-17)22-29-26(39)41-30-22;1-30(2)19(33)13-31(3)24(36)15-10-16(26)12-18(11-15)32-8-9-38-21(25(32)37)20(34)23(35)29-17-6-4-14(5-7-17)22(27)28/h5-8,11-13,22-23H,9-10,14H2,1-4H3,(H,30,38)(H,31,32,41);4-7,10-12,20-21,35H,8-9,13H2,1-3H3,(H,28,36)(H,29,30,39);4-7,10-12,20-21,34H,8-9,13H2,1-3H3,(H3,27,28)(H,29,35)/t22-,23-;2*20-,21-/m111/s1. The molecule has 10 N–H and O–H groups in total. The molecule has 6 aromatic carbocycles. The van der Waals surface area contributed by atoms with Crippen molar-refractivity contribution in [3.05, 3.63) is 188 Å². The molecule has 0 spiro atoms. The summed E-state index contributed by atoms with van der Waals surface area (Å²) in [7, 11) is 13.4.